The van der Waals surface area contributed by atoms with Crippen LogP contribution in [0.2, 0.25) is 0 Å². The van der Waals surface area contributed by atoms with Crippen molar-refractivity contribution in [3.63, 3.8) is 0 Å². The maximum atomic E-state index is 12.7. The molecule has 0 aliphatic heterocycles. The number of H-pyrrole nitrogens is 1. The van der Waals surface area contributed by atoms with Gasteiger partial charge in [-0.1, -0.05) is 6.07 Å². The lowest BCUT2D eigenvalue weighted by Crippen LogP contribution is -2.43. The van der Waals surface area contributed by atoms with E-state index in [4.69, 9.17) is 4.74 Å². The Morgan fingerprint density at radius 1 is 1.14 bits per heavy atom. The Kier molecular flexibility index (Phi) is 6.97. The van der Waals surface area contributed by atoms with Crippen LogP contribution in [0.4, 0.5) is 0 Å². The number of sulfonamides is 1. The van der Waals surface area contributed by atoms with Gasteiger partial charge in [0, 0.05) is 24.4 Å². The van der Waals surface area contributed by atoms with Crippen molar-refractivity contribution in [2.75, 3.05) is 6.61 Å². The number of aromatic nitrogens is 2. The van der Waals surface area contributed by atoms with Gasteiger partial charge in [-0.2, -0.15) is 0 Å². The number of ether oxygens (including phenoxy) is 1. The van der Waals surface area contributed by atoms with Crippen LogP contribution in [-0.4, -0.2) is 30.1 Å². The number of hydrogen-bond acceptors (Lipinski definition) is 5. The van der Waals surface area contributed by atoms with Crippen LogP contribution in [-0.2, 0) is 21.5 Å². The molecule has 0 unspecified atom stereocenters. The predicted molar refractivity (Wildman–Crippen MR) is 107 cm³/mol. The predicted octanol–water partition coefficient (Wildman–Crippen LogP) is 1.66. The quantitative estimate of drug-likeness (QED) is 0.612. The van der Waals surface area contributed by atoms with Crippen molar-refractivity contribution in [2.45, 2.75) is 57.7 Å². The summed E-state index contributed by atoms with van der Waals surface area (Å²) in [5, 5.41) is 0. The number of aromatic amines is 1. The van der Waals surface area contributed by atoms with Gasteiger partial charge in [0.1, 0.15) is 6.73 Å². The zero-order valence-electron chi connectivity index (χ0n) is 16.6. The normalized spacial score (nSPS) is 12.3. The zero-order chi connectivity index (χ0) is 20.9. The Labute approximate surface area is 164 Å². The van der Waals surface area contributed by atoms with Gasteiger partial charge in [-0.15, -0.1) is 0 Å². The zero-order valence-corrected chi connectivity index (χ0v) is 17.4. The Balaban J connectivity index is 1.87. The van der Waals surface area contributed by atoms with Gasteiger partial charge < -0.3 is 4.74 Å². The molecule has 0 bridgehead atoms. The topological polar surface area (TPSA) is 110 Å². The first kappa shape index (κ1) is 22.1. The summed E-state index contributed by atoms with van der Waals surface area (Å²) in [6.07, 6.45) is 2.51. The van der Waals surface area contributed by atoms with Gasteiger partial charge >= 0.3 is 5.69 Å². The van der Waals surface area contributed by atoms with Gasteiger partial charge in [0.05, 0.1) is 4.90 Å². The van der Waals surface area contributed by atoms with E-state index in [2.05, 4.69) is 9.71 Å². The number of hydrogen-bond donors (Lipinski definition) is 2. The molecular weight excluding hydrogens is 382 g/mol. The van der Waals surface area contributed by atoms with Crippen molar-refractivity contribution in [1.29, 1.82) is 0 Å². The van der Waals surface area contributed by atoms with E-state index in [0.717, 1.165) is 11.1 Å². The summed E-state index contributed by atoms with van der Waals surface area (Å²) in [5.74, 6) is 0. The fourth-order valence-corrected chi connectivity index (χ4v) is 4.52. The van der Waals surface area contributed by atoms with Gasteiger partial charge in [0.25, 0.3) is 5.56 Å². The molecule has 0 saturated carbocycles. The van der Waals surface area contributed by atoms with Gasteiger partial charge in [-0.25, -0.2) is 17.9 Å². The molecule has 8 nitrogen and oxygen atoms in total. The summed E-state index contributed by atoms with van der Waals surface area (Å²) in [4.78, 5) is 25.0. The van der Waals surface area contributed by atoms with E-state index in [1.807, 2.05) is 33.8 Å². The van der Waals surface area contributed by atoms with Gasteiger partial charge in [-0.05, 0) is 63.8 Å². The highest BCUT2D eigenvalue weighted by atomic mass is 32.2. The maximum Gasteiger partial charge on any atom is 0.330 e. The molecule has 1 aromatic heterocycles. The molecule has 1 heterocycles. The van der Waals surface area contributed by atoms with Crippen LogP contribution < -0.4 is 16.0 Å². The second-order valence-corrected chi connectivity index (χ2v) is 9.22. The molecule has 28 heavy (non-hydrogen) atoms. The second kappa shape index (κ2) is 8.85. The van der Waals surface area contributed by atoms with Crippen molar-refractivity contribution < 1.29 is 13.2 Å². The minimum absolute atomic E-state index is 0.0182. The molecule has 154 valence electrons. The number of nitrogens with zero attached hydrogens (tertiary/aromatic N) is 1. The molecule has 0 aliphatic carbocycles. The first-order chi connectivity index (χ1) is 13.0. The first-order valence-electron chi connectivity index (χ1n) is 8.98. The lowest BCUT2D eigenvalue weighted by atomic mass is 10.0. The second-order valence-electron chi connectivity index (χ2n) is 7.53. The smallest absolute Gasteiger partial charge is 0.330 e. The van der Waals surface area contributed by atoms with Crippen LogP contribution in [0.5, 0.6) is 0 Å². The molecule has 1 aromatic carbocycles. The van der Waals surface area contributed by atoms with Gasteiger partial charge in [-0.3, -0.25) is 14.3 Å². The summed E-state index contributed by atoms with van der Waals surface area (Å²) in [6.45, 7) is 7.73. The molecule has 0 fully saturated rings. The summed E-state index contributed by atoms with van der Waals surface area (Å²) in [5.41, 5.74) is 0.135. The fourth-order valence-electron chi connectivity index (χ4n) is 2.89. The molecule has 0 spiro atoms. The Morgan fingerprint density at radius 3 is 2.39 bits per heavy atom. The van der Waals surface area contributed by atoms with Crippen molar-refractivity contribution in [3.8, 4) is 0 Å². The standard InChI is InChI=1S/C19H27N3O5S/c1-14-10-15(2)12-16(11-14)28(25,26)21-19(3,4)7-5-9-27-13-22-8-6-17(23)20-18(22)24/h6,8,10-12,21H,5,7,9,13H2,1-4H3,(H,20,23,24). The molecule has 0 saturated heterocycles. The summed E-state index contributed by atoms with van der Waals surface area (Å²) in [7, 11) is -3.63. The lowest BCUT2D eigenvalue weighted by molar-refractivity contribution is 0.0680. The van der Waals surface area contributed by atoms with Crippen LogP contribution in [0.1, 0.15) is 37.8 Å². The van der Waals surface area contributed by atoms with Crippen LogP contribution in [0.25, 0.3) is 0 Å². The van der Waals surface area contributed by atoms with Crippen molar-refractivity contribution in [3.05, 3.63) is 62.4 Å². The largest absolute Gasteiger partial charge is 0.361 e. The average molecular weight is 410 g/mol. The fraction of sp³-hybridized carbons (Fsp3) is 0.474. The Bertz CT molecular complexity index is 1020. The maximum absolute atomic E-state index is 12.7. The molecule has 0 radical (unpaired) electrons. The van der Waals surface area contributed by atoms with Crippen LogP contribution >= 0.6 is 0 Å². The number of rotatable bonds is 9. The number of benzene rings is 1. The first-order valence-corrected chi connectivity index (χ1v) is 10.5. The van der Waals surface area contributed by atoms with E-state index in [1.165, 1.54) is 16.8 Å². The Morgan fingerprint density at radius 2 is 1.79 bits per heavy atom. The molecule has 0 aliphatic rings. The van der Waals surface area contributed by atoms with Crippen LogP contribution in [0.15, 0.2) is 44.9 Å². The molecule has 0 atom stereocenters. The lowest BCUT2D eigenvalue weighted by Gasteiger charge is -2.26. The summed E-state index contributed by atoms with van der Waals surface area (Å²) >= 11 is 0. The summed E-state index contributed by atoms with van der Waals surface area (Å²) < 4.78 is 34.8. The highest BCUT2D eigenvalue weighted by molar-refractivity contribution is 7.89. The van der Waals surface area contributed by atoms with E-state index in [0.29, 0.717) is 19.4 Å². The monoisotopic (exact) mass is 409 g/mol. The van der Waals surface area contributed by atoms with E-state index in [1.54, 1.807) is 12.1 Å². The molecular formula is C19H27N3O5S. The van der Waals surface area contributed by atoms with E-state index >= 15 is 0 Å². The molecule has 9 heteroatoms. The molecule has 2 N–H and O–H groups in total. The highest BCUT2D eigenvalue weighted by Crippen LogP contribution is 2.19. The van der Waals surface area contributed by atoms with Gasteiger partial charge in [0.15, 0.2) is 0 Å². The minimum Gasteiger partial charge on any atom is -0.361 e. The third-order valence-corrected chi connectivity index (χ3v) is 5.81. The average Bonchev–Trinajstić information content (AvgIpc) is 2.54. The highest BCUT2D eigenvalue weighted by Gasteiger charge is 2.26. The van der Waals surface area contributed by atoms with Crippen molar-refractivity contribution in [2.24, 2.45) is 0 Å². The summed E-state index contributed by atoms with van der Waals surface area (Å²) in [6, 6.07) is 6.47. The van der Waals surface area contributed by atoms with E-state index in [9.17, 15) is 18.0 Å². The van der Waals surface area contributed by atoms with E-state index in [-0.39, 0.29) is 11.6 Å². The van der Waals surface area contributed by atoms with E-state index < -0.39 is 26.8 Å². The van der Waals surface area contributed by atoms with Crippen molar-refractivity contribution in [1.82, 2.24) is 14.3 Å². The SMILES string of the molecule is Cc1cc(C)cc(S(=O)(=O)NC(C)(C)CCCOCn2ccc(=O)[nH]c2=O)c1. The third kappa shape index (κ3) is 6.43. The number of aryl methyl sites for hydroxylation is 2. The molecule has 2 aromatic rings. The van der Waals surface area contributed by atoms with Gasteiger partial charge in [0.2, 0.25) is 10.0 Å². The van der Waals surface area contributed by atoms with Crippen molar-refractivity contribution >= 4 is 10.0 Å². The minimum atomic E-state index is -3.63. The Hall–Kier alpha value is -2.23. The number of nitrogens with one attached hydrogen (secondary N) is 2. The van der Waals surface area contributed by atoms with Crippen LogP contribution in [0, 0.1) is 13.8 Å². The third-order valence-electron chi connectivity index (χ3n) is 4.13. The van der Waals surface area contributed by atoms with Crippen LogP contribution in [0.3, 0.4) is 0 Å². The molecule has 2 rings (SSSR count). The molecule has 0 amide bonds.